The molecule has 0 spiro atoms. The molecule has 0 unspecified atom stereocenters. The molecule has 0 aliphatic heterocycles. The molecule has 1 fully saturated rings. The quantitative estimate of drug-likeness (QED) is 0.889. The van der Waals surface area contributed by atoms with Crippen LogP contribution in [0.5, 0.6) is 5.75 Å². The summed E-state index contributed by atoms with van der Waals surface area (Å²) >= 11 is 0. The van der Waals surface area contributed by atoms with Crippen LogP contribution in [0.1, 0.15) is 35.2 Å². The molecule has 2 aromatic rings. The molecule has 2 N–H and O–H groups in total. The van der Waals surface area contributed by atoms with Crippen LogP contribution in [0.2, 0.25) is 0 Å². The second-order valence-electron chi connectivity index (χ2n) is 5.48. The maximum atomic E-state index is 12.5. The third-order valence-corrected chi connectivity index (χ3v) is 3.84. The fraction of sp³-hybridized carbons (Fsp3) is 0.278. The van der Waals surface area contributed by atoms with Gasteiger partial charge in [-0.1, -0.05) is 24.3 Å². The normalized spacial score (nSPS) is 14.2. The second kappa shape index (κ2) is 6.62. The van der Waals surface area contributed by atoms with Gasteiger partial charge < -0.3 is 15.2 Å². The number of benzene rings is 2. The van der Waals surface area contributed by atoms with Gasteiger partial charge in [-0.3, -0.25) is 4.79 Å². The maximum absolute atomic E-state index is 12.5. The number of aliphatic hydroxyl groups excluding tert-OH is 1. The van der Waals surface area contributed by atoms with Crippen molar-refractivity contribution in [3.8, 4) is 5.75 Å². The minimum atomic E-state index is -0.204. The topological polar surface area (TPSA) is 58.6 Å². The number of hydrogen-bond acceptors (Lipinski definition) is 3. The number of anilines is 1. The number of amides is 1. The Bertz CT molecular complexity index is 665. The van der Waals surface area contributed by atoms with E-state index in [-0.39, 0.29) is 18.6 Å². The molecule has 4 heteroatoms. The van der Waals surface area contributed by atoms with Crippen LogP contribution in [0.25, 0.3) is 0 Å². The highest BCUT2D eigenvalue weighted by molar-refractivity contribution is 6.06. The van der Waals surface area contributed by atoms with Crippen molar-refractivity contribution in [3.05, 3.63) is 59.7 Å². The Morgan fingerprint density at radius 3 is 2.73 bits per heavy atom. The molecule has 0 radical (unpaired) electrons. The van der Waals surface area contributed by atoms with Crippen molar-refractivity contribution >= 4 is 11.6 Å². The lowest BCUT2D eigenvalue weighted by atomic mass is 9.96. The lowest BCUT2D eigenvalue weighted by molar-refractivity contribution is 0.0992. The molecule has 1 aliphatic carbocycles. The fourth-order valence-corrected chi connectivity index (χ4v) is 2.37. The summed E-state index contributed by atoms with van der Waals surface area (Å²) in [6.07, 6.45) is 3.52. The largest absolute Gasteiger partial charge is 0.490 e. The smallest absolute Gasteiger partial charge is 0.259 e. The summed E-state index contributed by atoms with van der Waals surface area (Å²) in [5, 5.41) is 12.0. The van der Waals surface area contributed by atoms with Crippen LogP contribution in [0.4, 0.5) is 5.69 Å². The first-order valence-corrected chi connectivity index (χ1v) is 7.53. The van der Waals surface area contributed by atoms with E-state index in [1.807, 2.05) is 24.3 Å². The highest BCUT2D eigenvalue weighted by Crippen LogP contribution is 2.28. The van der Waals surface area contributed by atoms with Crippen LogP contribution < -0.4 is 10.1 Å². The molecule has 2 aromatic carbocycles. The van der Waals surface area contributed by atoms with E-state index in [9.17, 15) is 4.79 Å². The molecule has 0 atom stereocenters. The Morgan fingerprint density at radius 2 is 2.00 bits per heavy atom. The Morgan fingerprint density at radius 1 is 1.18 bits per heavy atom. The highest BCUT2D eigenvalue weighted by Gasteiger charge is 2.21. The molecule has 1 amide bonds. The van der Waals surface area contributed by atoms with Crippen molar-refractivity contribution in [2.75, 3.05) is 5.32 Å². The summed E-state index contributed by atoms with van der Waals surface area (Å²) in [5.74, 6) is 0.424. The van der Waals surface area contributed by atoms with Gasteiger partial charge in [-0.15, -0.1) is 0 Å². The van der Waals surface area contributed by atoms with Gasteiger partial charge in [0.15, 0.2) is 0 Å². The van der Waals surface area contributed by atoms with Gasteiger partial charge in [0.2, 0.25) is 0 Å². The molecule has 0 bridgehead atoms. The predicted octanol–water partition coefficient (Wildman–Crippen LogP) is 3.36. The molecule has 0 aromatic heterocycles. The first-order valence-electron chi connectivity index (χ1n) is 7.53. The van der Waals surface area contributed by atoms with E-state index in [1.165, 1.54) is 6.42 Å². The van der Waals surface area contributed by atoms with Gasteiger partial charge in [-0.2, -0.15) is 0 Å². The van der Waals surface area contributed by atoms with E-state index in [2.05, 4.69) is 5.32 Å². The standard InChI is InChI=1S/C18H19NO3/c20-12-13-5-3-6-14(11-13)19-18(21)16-9-1-2-10-17(16)22-15-7-4-8-15/h1-3,5-6,9-11,15,20H,4,7-8,12H2,(H,19,21). The number of hydrogen-bond donors (Lipinski definition) is 2. The number of carbonyl (C=O) groups excluding carboxylic acids is 1. The second-order valence-corrected chi connectivity index (χ2v) is 5.48. The first-order chi connectivity index (χ1) is 10.8. The Hall–Kier alpha value is -2.33. The maximum Gasteiger partial charge on any atom is 0.259 e. The monoisotopic (exact) mass is 297 g/mol. The summed E-state index contributed by atoms with van der Waals surface area (Å²) in [7, 11) is 0. The predicted molar refractivity (Wildman–Crippen MR) is 85.0 cm³/mol. The zero-order valence-corrected chi connectivity index (χ0v) is 12.3. The molecule has 22 heavy (non-hydrogen) atoms. The fourth-order valence-electron chi connectivity index (χ4n) is 2.37. The highest BCUT2D eigenvalue weighted by atomic mass is 16.5. The summed E-state index contributed by atoms with van der Waals surface area (Å²) < 4.78 is 5.88. The van der Waals surface area contributed by atoms with Gasteiger partial charge in [0.1, 0.15) is 5.75 Å². The zero-order valence-electron chi connectivity index (χ0n) is 12.3. The third-order valence-electron chi connectivity index (χ3n) is 3.84. The van der Waals surface area contributed by atoms with E-state index < -0.39 is 0 Å². The van der Waals surface area contributed by atoms with Crippen molar-refractivity contribution in [2.45, 2.75) is 32.0 Å². The van der Waals surface area contributed by atoms with Crippen molar-refractivity contribution < 1.29 is 14.6 Å². The Kier molecular flexibility index (Phi) is 4.39. The summed E-state index contributed by atoms with van der Waals surface area (Å²) in [6.45, 7) is -0.0505. The van der Waals surface area contributed by atoms with Gasteiger partial charge in [-0.05, 0) is 49.1 Å². The average molecular weight is 297 g/mol. The summed E-state index contributed by atoms with van der Waals surface area (Å²) in [5.41, 5.74) is 1.95. The van der Waals surface area contributed by atoms with Gasteiger partial charge in [0, 0.05) is 5.69 Å². The van der Waals surface area contributed by atoms with Crippen molar-refractivity contribution in [3.63, 3.8) is 0 Å². The van der Waals surface area contributed by atoms with Crippen molar-refractivity contribution in [1.82, 2.24) is 0 Å². The lowest BCUT2D eigenvalue weighted by Gasteiger charge is -2.27. The Balaban J connectivity index is 1.76. The molecule has 3 rings (SSSR count). The van der Waals surface area contributed by atoms with E-state index in [0.717, 1.165) is 18.4 Å². The summed E-state index contributed by atoms with van der Waals surface area (Å²) in [6, 6.07) is 14.5. The Labute approximate surface area is 129 Å². The molecule has 1 saturated carbocycles. The van der Waals surface area contributed by atoms with Crippen LogP contribution in [0, 0.1) is 0 Å². The third kappa shape index (κ3) is 3.28. The van der Waals surface area contributed by atoms with Crippen LogP contribution >= 0.6 is 0 Å². The first kappa shape index (κ1) is 14.6. The van der Waals surface area contributed by atoms with E-state index in [0.29, 0.717) is 17.0 Å². The van der Waals surface area contributed by atoms with Crippen molar-refractivity contribution in [2.24, 2.45) is 0 Å². The van der Waals surface area contributed by atoms with E-state index in [4.69, 9.17) is 9.84 Å². The molecule has 1 aliphatic rings. The lowest BCUT2D eigenvalue weighted by Crippen LogP contribution is -2.26. The van der Waals surface area contributed by atoms with Crippen LogP contribution in [-0.2, 0) is 6.61 Å². The van der Waals surface area contributed by atoms with Crippen molar-refractivity contribution in [1.29, 1.82) is 0 Å². The van der Waals surface area contributed by atoms with Gasteiger partial charge in [0.05, 0.1) is 18.3 Å². The zero-order chi connectivity index (χ0) is 15.4. The molecule has 0 heterocycles. The number of rotatable bonds is 5. The number of nitrogens with one attached hydrogen (secondary N) is 1. The molecular formula is C18H19NO3. The minimum absolute atomic E-state index is 0.0505. The SMILES string of the molecule is O=C(Nc1cccc(CO)c1)c1ccccc1OC1CCC1. The summed E-state index contributed by atoms with van der Waals surface area (Å²) in [4.78, 5) is 12.5. The van der Waals surface area contributed by atoms with Crippen LogP contribution in [0.3, 0.4) is 0 Å². The number of carbonyl (C=O) groups is 1. The van der Waals surface area contributed by atoms with E-state index >= 15 is 0 Å². The molecule has 114 valence electrons. The van der Waals surface area contributed by atoms with Gasteiger partial charge in [-0.25, -0.2) is 0 Å². The number of para-hydroxylation sites is 1. The molecule has 0 saturated heterocycles. The van der Waals surface area contributed by atoms with Crippen LogP contribution in [0.15, 0.2) is 48.5 Å². The van der Waals surface area contributed by atoms with E-state index in [1.54, 1.807) is 24.3 Å². The average Bonchev–Trinajstić information content (AvgIpc) is 2.51. The molecular weight excluding hydrogens is 278 g/mol. The van der Waals surface area contributed by atoms with Crippen LogP contribution in [-0.4, -0.2) is 17.1 Å². The minimum Gasteiger partial charge on any atom is -0.490 e. The number of ether oxygens (including phenoxy) is 1. The van der Waals surface area contributed by atoms with Gasteiger partial charge >= 0.3 is 0 Å². The molecule has 4 nitrogen and oxygen atoms in total. The number of aliphatic hydroxyl groups is 1. The van der Waals surface area contributed by atoms with Gasteiger partial charge in [0.25, 0.3) is 5.91 Å².